The second-order valence-corrected chi connectivity index (χ2v) is 3.43. The van der Waals surface area contributed by atoms with Crippen LogP contribution in [0.15, 0.2) is 34.9 Å². The summed E-state index contributed by atoms with van der Waals surface area (Å²) in [5.41, 5.74) is 7.24. The van der Waals surface area contributed by atoms with Crippen molar-refractivity contribution < 1.29 is 0 Å². The summed E-state index contributed by atoms with van der Waals surface area (Å²) in [6, 6.07) is 7.83. The van der Waals surface area contributed by atoms with Gasteiger partial charge in [0.15, 0.2) is 0 Å². The normalized spacial score (nSPS) is 10.4. The number of para-hydroxylation sites is 1. The van der Waals surface area contributed by atoms with Crippen LogP contribution in [0.25, 0.3) is 10.9 Å². The molecular weight excluding hydrogens is 216 g/mol. The van der Waals surface area contributed by atoms with Gasteiger partial charge in [0.1, 0.15) is 0 Å². The second-order valence-electron chi connectivity index (χ2n) is 2.58. The van der Waals surface area contributed by atoms with Gasteiger partial charge in [-0.25, -0.2) is 0 Å². The number of fused-ring (bicyclic) bond motifs is 1. The lowest BCUT2D eigenvalue weighted by Crippen LogP contribution is -1.87. The Morgan fingerprint density at radius 1 is 1.33 bits per heavy atom. The lowest BCUT2D eigenvalue weighted by Gasteiger charge is -1.99. The van der Waals surface area contributed by atoms with Crippen LogP contribution in [0.5, 0.6) is 0 Å². The Kier molecular flexibility index (Phi) is 1.73. The van der Waals surface area contributed by atoms with Gasteiger partial charge < -0.3 is 5.73 Å². The molecule has 0 aliphatic carbocycles. The van der Waals surface area contributed by atoms with Gasteiger partial charge in [-0.3, -0.25) is 4.98 Å². The molecule has 0 radical (unpaired) electrons. The average molecular weight is 223 g/mol. The molecule has 12 heavy (non-hydrogen) atoms. The Hall–Kier alpha value is -1.09. The highest BCUT2D eigenvalue weighted by molar-refractivity contribution is 9.10. The van der Waals surface area contributed by atoms with E-state index in [0.29, 0.717) is 5.69 Å². The van der Waals surface area contributed by atoms with Gasteiger partial charge in [0.2, 0.25) is 0 Å². The van der Waals surface area contributed by atoms with Gasteiger partial charge in [-0.1, -0.05) is 12.1 Å². The number of rotatable bonds is 0. The van der Waals surface area contributed by atoms with Crippen LogP contribution in [-0.2, 0) is 0 Å². The molecular formula is C9H7BrN2. The van der Waals surface area contributed by atoms with E-state index in [-0.39, 0.29) is 0 Å². The summed E-state index contributed by atoms with van der Waals surface area (Å²) in [5, 5.41) is 1.06. The molecule has 2 aromatic rings. The number of aromatic nitrogens is 1. The maximum atomic E-state index is 5.60. The van der Waals surface area contributed by atoms with Gasteiger partial charge >= 0.3 is 0 Å². The van der Waals surface area contributed by atoms with E-state index in [9.17, 15) is 0 Å². The van der Waals surface area contributed by atoms with Gasteiger partial charge in [0.25, 0.3) is 0 Å². The zero-order chi connectivity index (χ0) is 8.55. The van der Waals surface area contributed by atoms with Crippen LogP contribution in [-0.4, -0.2) is 4.98 Å². The summed E-state index contributed by atoms with van der Waals surface area (Å²) in [5.74, 6) is 0. The highest BCUT2D eigenvalue weighted by Gasteiger charge is 1.98. The Labute approximate surface area is 78.5 Å². The van der Waals surface area contributed by atoms with Crippen molar-refractivity contribution >= 4 is 32.5 Å². The van der Waals surface area contributed by atoms with E-state index in [2.05, 4.69) is 20.9 Å². The number of hydrogen-bond donors (Lipinski definition) is 1. The van der Waals surface area contributed by atoms with E-state index < -0.39 is 0 Å². The van der Waals surface area contributed by atoms with Crippen LogP contribution in [0.3, 0.4) is 0 Å². The smallest absolute Gasteiger partial charge is 0.0845 e. The topological polar surface area (TPSA) is 38.9 Å². The van der Waals surface area contributed by atoms with Crippen molar-refractivity contribution in [3.8, 4) is 0 Å². The van der Waals surface area contributed by atoms with Gasteiger partial charge in [-0.2, -0.15) is 0 Å². The highest BCUT2D eigenvalue weighted by Crippen LogP contribution is 2.22. The van der Waals surface area contributed by atoms with Crippen molar-refractivity contribution in [3.63, 3.8) is 0 Å². The summed E-state index contributed by atoms with van der Waals surface area (Å²) >= 11 is 3.42. The maximum Gasteiger partial charge on any atom is 0.0845 e. The van der Waals surface area contributed by atoms with Crippen LogP contribution < -0.4 is 5.73 Å². The summed E-state index contributed by atoms with van der Waals surface area (Å²) < 4.78 is 1.00. The highest BCUT2D eigenvalue weighted by atomic mass is 79.9. The Morgan fingerprint density at radius 3 is 3.00 bits per heavy atom. The van der Waals surface area contributed by atoms with Crippen LogP contribution in [0, 0.1) is 0 Å². The molecule has 0 atom stereocenters. The third-order valence-corrected chi connectivity index (χ3v) is 2.32. The summed E-state index contributed by atoms with van der Waals surface area (Å²) in [6.45, 7) is 0. The lowest BCUT2D eigenvalue weighted by atomic mass is 10.2. The number of anilines is 1. The van der Waals surface area contributed by atoms with E-state index in [4.69, 9.17) is 5.73 Å². The molecule has 0 spiro atoms. The minimum atomic E-state index is 0.695. The number of nitrogens with two attached hydrogens (primary N) is 1. The van der Waals surface area contributed by atoms with Crippen LogP contribution in [0.1, 0.15) is 0 Å². The zero-order valence-electron chi connectivity index (χ0n) is 6.29. The number of benzene rings is 1. The fourth-order valence-electron chi connectivity index (χ4n) is 1.14. The van der Waals surface area contributed by atoms with E-state index in [0.717, 1.165) is 15.4 Å². The fourth-order valence-corrected chi connectivity index (χ4v) is 1.62. The van der Waals surface area contributed by atoms with Crippen molar-refractivity contribution in [1.82, 2.24) is 4.98 Å². The van der Waals surface area contributed by atoms with Crippen molar-refractivity contribution in [2.24, 2.45) is 0 Å². The number of halogens is 1. The molecule has 0 aliphatic heterocycles. The molecule has 2 rings (SSSR count). The second kappa shape index (κ2) is 2.75. The minimum absolute atomic E-state index is 0.695. The van der Waals surface area contributed by atoms with E-state index in [1.54, 1.807) is 6.20 Å². The van der Waals surface area contributed by atoms with Crippen LogP contribution in [0.4, 0.5) is 5.69 Å². The first-order valence-corrected chi connectivity index (χ1v) is 4.36. The molecule has 0 amide bonds. The summed E-state index contributed by atoms with van der Waals surface area (Å²) in [4.78, 5) is 4.21. The first-order chi connectivity index (χ1) is 5.77. The first-order valence-electron chi connectivity index (χ1n) is 3.57. The molecule has 2 nitrogen and oxygen atoms in total. The summed E-state index contributed by atoms with van der Waals surface area (Å²) in [7, 11) is 0. The molecule has 0 unspecified atom stereocenters. The standard InChI is InChI=1S/C9H7BrN2/c10-8-3-1-2-6-4-7(11)5-12-9(6)8/h1-5H,11H2. The molecule has 1 heterocycles. The molecule has 0 saturated carbocycles. The molecule has 0 aliphatic rings. The van der Waals surface area contributed by atoms with E-state index in [1.807, 2.05) is 24.3 Å². The number of hydrogen-bond acceptors (Lipinski definition) is 2. The Morgan fingerprint density at radius 2 is 2.17 bits per heavy atom. The van der Waals surface area contributed by atoms with Crippen LogP contribution in [0.2, 0.25) is 0 Å². The van der Waals surface area contributed by atoms with Crippen LogP contribution >= 0.6 is 15.9 Å². The Balaban J connectivity index is 2.86. The maximum absolute atomic E-state index is 5.60. The fraction of sp³-hybridized carbons (Fsp3) is 0. The van der Waals surface area contributed by atoms with Gasteiger partial charge in [-0.05, 0) is 28.1 Å². The first kappa shape index (κ1) is 7.55. The molecule has 60 valence electrons. The van der Waals surface area contributed by atoms with Gasteiger partial charge in [0.05, 0.1) is 17.4 Å². The van der Waals surface area contributed by atoms with E-state index >= 15 is 0 Å². The molecule has 1 aromatic heterocycles. The van der Waals surface area contributed by atoms with Crippen molar-refractivity contribution in [2.75, 3.05) is 5.73 Å². The average Bonchev–Trinajstić information content (AvgIpc) is 2.04. The predicted molar refractivity (Wildman–Crippen MR) is 53.9 cm³/mol. The monoisotopic (exact) mass is 222 g/mol. The number of nitrogens with zero attached hydrogens (tertiary/aromatic N) is 1. The van der Waals surface area contributed by atoms with Crippen molar-refractivity contribution in [3.05, 3.63) is 34.9 Å². The van der Waals surface area contributed by atoms with Gasteiger partial charge in [-0.15, -0.1) is 0 Å². The number of nitrogen functional groups attached to an aromatic ring is 1. The Bertz CT molecular complexity index is 426. The van der Waals surface area contributed by atoms with Crippen molar-refractivity contribution in [1.29, 1.82) is 0 Å². The number of pyridine rings is 1. The molecule has 1 aromatic carbocycles. The third kappa shape index (κ3) is 1.16. The summed E-state index contributed by atoms with van der Waals surface area (Å²) in [6.07, 6.45) is 1.66. The molecule has 0 saturated heterocycles. The quantitative estimate of drug-likeness (QED) is 0.745. The minimum Gasteiger partial charge on any atom is -0.397 e. The molecule has 0 fully saturated rings. The lowest BCUT2D eigenvalue weighted by molar-refractivity contribution is 1.40. The zero-order valence-corrected chi connectivity index (χ0v) is 7.88. The largest absolute Gasteiger partial charge is 0.397 e. The SMILES string of the molecule is Nc1cnc2c(Br)cccc2c1. The predicted octanol–water partition coefficient (Wildman–Crippen LogP) is 2.58. The molecule has 3 heteroatoms. The van der Waals surface area contributed by atoms with Crippen molar-refractivity contribution in [2.45, 2.75) is 0 Å². The van der Waals surface area contributed by atoms with Gasteiger partial charge in [0, 0.05) is 9.86 Å². The van der Waals surface area contributed by atoms with E-state index in [1.165, 1.54) is 0 Å². The molecule has 2 N–H and O–H groups in total. The third-order valence-electron chi connectivity index (χ3n) is 1.68. The molecule has 0 bridgehead atoms.